The summed E-state index contributed by atoms with van der Waals surface area (Å²) < 4.78 is 6.33. The third kappa shape index (κ3) is 5.60. The largest absolute Gasteiger partial charge is 0.484 e. The van der Waals surface area contributed by atoms with Gasteiger partial charge in [-0.3, -0.25) is 9.59 Å². The summed E-state index contributed by atoms with van der Waals surface area (Å²) in [6.45, 7) is 3.71. The van der Waals surface area contributed by atoms with Crippen LogP contribution in [0, 0.1) is 13.8 Å². The maximum absolute atomic E-state index is 12.2. The van der Waals surface area contributed by atoms with E-state index in [1.54, 1.807) is 19.2 Å². The minimum Gasteiger partial charge on any atom is -0.484 e. The van der Waals surface area contributed by atoms with Crippen LogP contribution in [0.2, 0.25) is 0 Å². The number of anilines is 1. The highest BCUT2D eigenvalue weighted by Gasteiger charge is 2.15. The monoisotopic (exact) mass is 404 g/mol. The topological polar surface area (TPSA) is 58.6 Å². The molecule has 1 N–H and O–H groups in total. The van der Waals surface area contributed by atoms with E-state index in [0.717, 1.165) is 21.3 Å². The van der Waals surface area contributed by atoms with Crippen molar-refractivity contribution < 1.29 is 14.3 Å². The summed E-state index contributed by atoms with van der Waals surface area (Å²) in [6.07, 6.45) is 0. The number of aryl methyl sites for hydroxylation is 2. The number of hydrogen-bond donors (Lipinski definition) is 1. The standard InChI is InChI=1S/C19H21BrN2O3/c1-13-6-4-7-14(2)19(13)21-17(23)11-22(3)18(24)12-25-16-9-5-8-15(20)10-16/h4-10H,11-12H2,1-3H3,(H,21,23). The van der Waals surface area contributed by atoms with Gasteiger partial charge in [0.05, 0.1) is 6.54 Å². The highest BCUT2D eigenvalue weighted by Crippen LogP contribution is 2.19. The van der Waals surface area contributed by atoms with Gasteiger partial charge in [0.2, 0.25) is 5.91 Å². The maximum Gasteiger partial charge on any atom is 0.260 e. The van der Waals surface area contributed by atoms with Crippen LogP contribution in [0.3, 0.4) is 0 Å². The number of rotatable bonds is 6. The molecule has 0 aliphatic rings. The molecule has 2 amide bonds. The minimum atomic E-state index is -0.267. The molecular formula is C19H21BrN2O3. The fourth-order valence-electron chi connectivity index (χ4n) is 2.31. The van der Waals surface area contributed by atoms with Crippen LogP contribution in [0.1, 0.15) is 11.1 Å². The number of likely N-dealkylation sites (N-methyl/N-ethyl adjacent to an activating group) is 1. The number of benzene rings is 2. The van der Waals surface area contributed by atoms with Gasteiger partial charge in [-0.15, -0.1) is 0 Å². The molecule has 0 radical (unpaired) electrons. The molecule has 0 bridgehead atoms. The molecule has 0 fully saturated rings. The normalized spacial score (nSPS) is 10.2. The molecule has 0 aliphatic heterocycles. The van der Waals surface area contributed by atoms with Crippen LogP contribution in [-0.4, -0.2) is 36.9 Å². The fourth-order valence-corrected chi connectivity index (χ4v) is 2.68. The first kappa shape index (κ1) is 19.0. The molecule has 0 atom stereocenters. The highest BCUT2D eigenvalue weighted by atomic mass is 79.9. The van der Waals surface area contributed by atoms with E-state index in [9.17, 15) is 9.59 Å². The van der Waals surface area contributed by atoms with Gasteiger partial charge < -0.3 is 15.0 Å². The molecule has 2 aromatic rings. The number of nitrogens with zero attached hydrogens (tertiary/aromatic N) is 1. The Morgan fingerprint density at radius 2 is 1.76 bits per heavy atom. The summed E-state index contributed by atoms with van der Waals surface area (Å²) in [6, 6.07) is 13.1. The first-order valence-corrected chi connectivity index (χ1v) is 8.64. The SMILES string of the molecule is Cc1cccc(C)c1NC(=O)CN(C)C(=O)COc1cccc(Br)c1. The second-order valence-corrected chi connectivity index (χ2v) is 6.73. The lowest BCUT2D eigenvalue weighted by Gasteiger charge is -2.18. The van der Waals surface area contributed by atoms with E-state index in [1.165, 1.54) is 4.90 Å². The van der Waals surface area contributed by atoms with Crippen molar-refractivity contribution in [1.29, 1.82) is 0 Å². The van der Waals surface area contributed by atoms with Crippen LogP contribution in [0.25, 0.3) is 0 Å². The Kier molecular flexibility index (Phi) is 6.58. The van der Waals surface area contributed by atoms with Gasteiger partial charge >= 0.3 is 0 Å². The molecule has 2 rings (SSSR count). The maximum atomic E-state index is 12.2. The van der Waals surface area contributed by atoms with Crippen molar-refractivity contribution >= 4 is 33.4 Å². The Bertz CT molecular complexity index is 757. The average molecular weight is 405 g/mol. The first-order chi connectivity index (χ1) is 11.9. The molecule has 0 saturated heterocycles. The number of hydrogen-bond acceptors (Lipinski definition) is 3. The first-order valence-electron chi connectivity index (χ1n) is 7.85. The van der Waals surface area contributed by atoms with E-state index in [-0.39, 0.29) is 25.0 Å². The van der Waals surface area contributed by atoms with Gasteiger partial charge in [0.25, 0.3) is 5.91 Å². The molecule has 25 heavy (non-hydrogen) atoms. The van der Waals surface area contributed by atoms with E-state index in [2.05, 4.69) is 21.2 Å². The zero-order valence-corrected chi connectivity index (χ0v) is 16.1. The molecule has 5 nitrogen and oxygen atoms in total. The second-order valence-electron chi connectivity index (χ2n) is 5.81. The molecule has 6 heteroatoms. The molecule has 0 aromatic heterocycles. The average Bonchev–Trinajstić information content (AvgIpc) is 2.56. The molecular weight excluding hydrogens is 384 g/mol. The third-order valence-corrected chi connectivity index (χ3v) is 4.20. The van der Waals surface area contributed by atoms with Crippen LogP contribution in [0.4, 0.5) is 5.69 Å². The molecule has 2 aromatic carbocycles. The van der Waals surface area contributed by atoms with E-state index in [0.29, 0.717) is 5.75 Å². The van der Waals surface area contributed by atoms with Crippen LogP contribution < -0.4 is 10.1 Å². The van der Waals surface area contributed by atoms with Crippen molar-refractivity contribution in [3.63, 3.8) is 0 Å². The molecule has 132 valence electrons. The van der Waals surface area contributed by atoms with Gasteiger partial charge in [-0.25, -0.2) is 0 Å². The number of amides is 2. The summed E-state index contributed by atoms with van der Waals surface area (Å²) in [7, 11) is 1.58. The lowest BCUT2D eigenvalue weighted by Crippen LogP contribution is -2.37. The Hall–Kier alpha value is -2.34. The molecule has 0 spiro atoms. The lowest BCUT2D eigenvalue weighted by molar-refractivity contribution is -0.135. The summed E-state index contributed by atoms with van der Waals surface area (Å²) in [4.78, 5) is 25.7. The number of nitrogens with one attached hydrogen (secondary N) is 1. The van der Waals surface area contributed by atoms with Gasteiger partial charge in [0.15, 0.2) is 6.61 Å². The van der Waals surface area contributed by atoms with Gasteiger partial charge in [-0.2, -0.15) is 0 Å². The van der Waals surface area contributed by atoms with Crippen molar-refractivity contribution in [2.45, 2.75) is 13.8 Å². The van der Waals surface area contributed by atoms with Gasteiger partial charge in [0, 0.05) is 17.2 Å². The van der Waals surface area contributed by atoms with E-state index in [4.69, 9.17) is 4.74 Å². The molecule has 0 heterocycles. The predicted octanol–water partition coefficient (Wildman–Crippen LogP) is 3.54. The summed E-state index contributed by atoms with van der Waals surface area (Å²) in [5.41, 5.74) is 2.76. The predicted molar refractivity (Wildman–Crippen MR) is 102 cm³/mol. The van der Waals surface area contributed by atoms with E-state index >= 15 is 0 Å². The van der Waals surface area contributed by atoms with Crippen LogP contribution in [0.15, 0.2) is 46.9 Å². The highest BCUT2D eigenvalue weighted by molar-refractivity contribution is 9.10. The zero-order valence-electron chi connectivity index (χ0n) is 14.5. The third-order valence-electron chi connectivity index (χ3n) is 3.71. The van der Waals surface area contributed by atoms with Crippen molar-refractivity contribution in [3.8, 4) is 5.75 Å². The molecule has 0 unspecified atom stereocenters. The van der Waals surface area contributed by atoms with Gasteiger partial charge in [-0.1, -0.05) is 40.2 Å². The summed E-state index contributed by atoms with van der Waals surface area (Å²) >= 11 is 3.35. The number of carbonyl (C=O) groups excluding carboxylic acids is 2. The number of ether oxygens (including phenoxy) is 1. The molecule has 0 saturated carbocycles. The van der Waals surface area contributed by atoms with Crippen molar-refractivity contribution in [2.75, 3.05) is 25.5 Å². The molecule has 0 aliphatic carbocycles. The van der Waals surface area contributed by atoms with Crippen LogP contribution in [-0.2, 0) is 9.59 Å². The fraction of sp³-hybridized carbons (Fsp3) is 0.263. The number of halogens is 1. The minimum absolute atomic E-state index is 0.0333. The second kappa shape index (κ2) is 8.67. The van der Waals surface area contributed by atoms with Crippen molar-refractivity contribution in [3.05, 3.63) is 58.1 Å². The Balaban J connectivity index is 1.87. The Morgan fingerprint density at radius 3 is 2.40 bits per heavy atom. The van der Waals surface area contributed by atoms with E-state index in [1.807, 2.05) is 44.2 Å². The lowest BCUT2D eigenvalue weighted by atomic mass is 10.1. The van der Waals surface area contributed by atoms with Crippen LogP contribution >= 0.6 is 15.9 Å². The zero-order chi connectivity index (χ0) is 18.4. The van der Waals surface area contributed by atoms with Gasteiger partial charge in [-0.05, 0) is 43.2 Å². The smallest absolute Gasteiger partial charge is 0.260 e. The number of para-hydroxylation sites is 1. The van der Waals surface area contributed by atoms with Crippen molar-refractivity contribution in [2.24, 2.45) is 0 Å². The van der Waals surface area contributed by atoms with E-state index < -0.39 is 0 Å². The Labute approximate surface area is 156 Å². The van der Waals surface area contributed by atoms with Crippen LogP contribution in [0.5, 0.6) is 5.75 Å². The summed E-state index contributed by atoms with van der Waals surface area (Å²) in [5, 5.41) is 2.87. The summed E-state index contributed by atoms with van der Waals surface area (Å²) in [5.74, 6) is 0.0865. The van der Waals surface area contributed by atoms with Crippen molar-refractivity contribution in [1.82, 2.24) is 4.90 Å². The number of carbonyl (C=O) groups is 2. The quantitative estimate of drug-likeness (QED) is 0.800. The Morgan fingerprint density at radius 1 is 1.12 bits per heavy atom. The van der Waals surface area contributed by atoms with Gasteiger partial charge in [0.1, 0.15) is 5.75 Å².